The predicted molar refractivity (Wildman–Crippen MR) is 136 cm³/mol. The molecule has 226 valence electrons. The zero-order valence-electron chi connectivity index (χ0n) is 20.9. The van der Waals surface area contributed by atoms with Gasteiger partial charge in [-0.2, -0.15) is 26.3 Å². The van der Waals surface area contributed by atoms with Crippen LogP contribution >= 0.6 is 34.8 Å². The van der Waals surface area contributed by atoms with E-state index in [0.29, 0.717) is 19.1 Å². The third-order valence-electron chi connectivity index (χ3n) is 5.43. The molecule has 0 radical (unpaired) electrons. The SMILES string of the molecule is CC(NC(=O)CCC(F)(F)F)NC(=O)c1ccc(/C(F)=C/C(c2cc(Cl)c(Cl)c(Cl)c2)C(C)(F)F)cc1C(F)(F)F. The minimum Gasteiger partial charge on any atom is -0.336 e. The second kappa shape index (κ2) is 13.1. The zero-order chi connectivity index (χ0) is 31.5. The normalized spacial score (nSPS) is 14.4. The Hall–Kier alpha value is -2.64. The van der Waals surface area contributed by atoms with Gasteiger partial charge in [0.15, 0.2) is 0 Å². The highest BCUT2D eigenvalue weighted by atomic mass is 35.5. The largest absolute Gasteiger partial charge is 0.417 e. The molecule has 2 unspecified atom stereocenters. The maximum atomic E-state index is 15.1. The van der Waals surface area contributed by atoms with Crippen molar-refractivity contribution < 1.29 is 49.1 Å². The van der Waals surface area contributed by atoms with E-state index in [1.165, 1.54) is 0 Å². The third-order valence-corrected chi connectivity index (χ3v) is 6.63. The Kier molecular flexibility index (Phi) is 11.1. The van der Waals surface area contributed by atoms with E-state index < -0.39 is 77.5 Å². The fourth-order valence-electron chi connectivity index (χ4n) is 3.54. The van der Waals surface area contributed by atoms with E-state index in [0.717, 1.165) is 25.1 Å². The number of carbonyl (C=O) groups excluding carboxylic acids is 2. The van der Waals surface area contributed by atoms with E-state index in [9.17, 15) is 44.7 Å². The first-order chi connectivity index (χ1) is 18.6. The van der Waals surface area contributed by atoms with E-state index in [1.807, 2.05) is 10.6 Å². The molecule has 2 aromatic carbocycles. The molecule has 16 heteroatoms. The highest BCUT2D eigenvalue weighted by molar-refractivity contribution is 6.48. The molecule has 0 aromatic heterocycles. The summed E-state index contributed by atoms with van der Waals surface area (Å²) in [5.41, 5.74) is -3.77. The Bertz CT molecular complexity index is 1300. The van der Waals surface area contributed by atoms with Gasteiger partial charge in [0.05, 0.1) is 44.7 Å². The summed E-state index contributed by atoms with van der Waals surface area (Å²) in [4.78, 5) is 24.1. The number of alkyl halides is 8. The monoisotopic (exact) mass is 656 g/mol. The van der Waals surface area contributed by atoms with Gasteiger partial charge in [0.2, 0.25) is 5.91 Å². The van der Waals surface area contributed by atoms with Crippen LogP contribution in [0.5, 0.6) is 0 Å². The lowest BCUT2D eigenvalue weighted by Crippen LogP contribution is -2.46. The molecule has 4 nitrogen and oxygen atoms in total. The van der Waals surface area contributed by atoms with Crippen molar-refractivity contribution >= 4 is 52.4 Å². The summed E-state index contributed by atoms with van der Waals surface area (Å²) in [5, 5.41) is 3.36. The maximum Gasteiger partial charge on any atom is 0.417 e. The van der Waals surface area contributed by atoms with E-state index in [2.05, 4.69) is 0 Å². The fourth-order valence-corrected chi connectivity index (χ4v) is 4.15. The van der Waals surface area contributed by atoms with Crippen LogP contribution in [0.4, 0.5) is 39.5 Å². The maximum absolute atomic E-state index is 15.1. The molecular formula is C25H20Cl3F9N2O2. The van der Waals surface area contributed by atoms with Crippen molar-refractivity contribution in [2.45, 2.75) is 57.0 Å². The molecule has 2 aromatic rings. The molecule has 0 heterocycles. The molecule has 0 aliphatic carbocycles. The van der Waals surface area contributed by atoms with Gasteiger partial charge >= 0.3 is 12.4 Å². The lowest BCUT2D eigenvalue weighted by molar-refractivity contribution is -0.144. The lowest BCUT2D eigenvalue weighted by Gasteiger charge is -2.22. The van der Waals surface area contributed by atoms with Crippen molar-refractivity contribution in [3.05, 3.63) is 73.7 Å². The average Bonchev–Trinajstić information content (AvgIpc) is 2.82. The van der Waals surface area contributed by atoms with Gasteiger partial charge in [-0.25, -0.2) is 13.2 Å². The quantitative estimate of drug-likeness (QED) is 0.161. The van der Waals surface area contributed by atoms with Crippen LogP contribution in [0.25, 0.3) is 5.83 Å². The topological polar surface area (TPSA) is 58.2 Å². The number of nitrogens with one attached hydrogen (secondary N) is 2. The fraction of sp³-hybridized carbons (Fsp3) is 0.360. The number of hydrogen-bond acceptors (Lipinski definition) is 2. The minimum absolute atomic E-state index is 0.154. The number of carbonyl (C=O) groups is 2. The standard InChI is InChI=1S/C25H20Cl3F9N2O2/c1-11(38-20(40)5-6-24(32,33)34)39-22(41)14-4-3-12(7-16(14)25(35,36)37)19(29)10-15(23(2,30)31)13-8-17(26)21(28)18(27)9-13/h3-4,7-11,15H,5-6H2,1-2H3,(H,38,40)(H,39,41)/b19-10-. The summed E-state index contributed by atoms with van der Waals surface area (Å²) in [5.74, 6) is -9.72. The van der Waals surface area contributed by atoms with Gasteiger partial charge in [-0.1, -0.05) is 40.9 Å². The van der Waals surface area contributed by atoms with Crippen molar-refractivity contribution in [1.82, 2.24) is 10.6 Å². The van der Waals surface area contributed by atoms with Gasteiger partial charge in [0.25, 0.3) is 11.8 Å². The summed E-state index contributed by atoms with van der Waals surface area (Å²) in [7, 11) is 0. The molecule has 0 fully saturated rings. The third kappa shape index (κ3) is 10.00. The van der Waals surface area contributed by atoms with Crippen LogP contribution in [-0.4, -0.2) is 30.1 Å². The van der Waals surface area contributed by atoms with Crippen LogP contribution < -0.4 is 10.6 Å². The number of benzene rings is 2. The summed E-state index contributed by atoms with van der Waals surface area (Å²) < 4.78 is 122. The molecule has 0 saturated carbocycles. The van der Waals surface area contributed by atoms with Gasteiger partial charge in [-0.3, -0.25) is 9.59 Å². The van der Waals surface area contributed by atoms with Crippen LogP contribution in [0.1, 0.15) is 59.7 Å². The first-order valence-corrected chi connectivity index (χ1v) is 12.5. The van der Waals surface area contributed by atoms with Crippen molar-refractivity contribution in [2.24, 2.45) is 0 Å². The summed E-state index contributed by atoms with van der Waals surface area (Å²) >= 11 is 17.6. The lowest BCUT2D eigenvalue weighted by atomic mass is 9.91. The molecule has 2 atom stereocenters. The van der Waals surface area contributed by atoms with Crippen molar-refractivity contribution in [1.29, 1.82) is 0 Å². The van der Waals surface area contributed by atoms with E-state index in [1.54, 1.807) is 0 Å². The molecule has 0 saturated heterocycles. The molecule has 2 N–H and O–H groups in total. The van der Waals surface area contributed by atoms with E-state index in [4.69, 9.17) is 34.8 Å². The van der Waals surface area contributed by atoms with Gasteiger partial charge in [0, 0.05) is 18.9 Å². The van der Waals surface area contributed by atoms with Crippen LogP contribution in [0, 0.1) is 0 Å². The molecule has 0 aliphatic rings. The highest BCUT2D eigenvalue weighted by Gasteiger charge is 2.38. The Balaban J connectivity index is 2.39. The second-order valence-electron chi connectivity index (χ2n) is 8.88. The predicted octanol–water partition coefficient (Wildman–Crippen LogP) is 8.95. The molecule has 0 spiro atoms. The molecule has 2 rings (SSSR count). The van der Waals surface area contributed by atoms with Crippen molar-refractivity contribution in [3.63, 3.8) is 0 Å². The summed E-state index contributed by atoms with van der Waals surface area (Å²) in [6.07, 6.45) is -13.3. The zero-order valence-corrected chi connectivity index (χ0v) is 23.2. The van der Waals surface area contributed by atoms with Crippen LogP contribution in [0.15, 0.2) is 36.4 Å². The second-order valence-corrected chi connectivity index (χ2v) is 10.1. The molecule has 0 aliphatic heterocycles. The number of hydrogen-bond donors (Lipinski definition) is 2. The molecular weight excluding hydrogens is 638 g/mol. The van der Waals surface area contributed by atoms with Gasteiger partial charge in [-0.05, 0) is 42.8 Å². The van der Waals surface area contributed by atoms with Gasteiger partial charge < -0.3 is 10.6 Å². The summed E-state index contributed by atoms with van der Waals surface area (Å²) in [6, 6.07) is 3.53. The number of amides is 2. The Labute approximate surface area is 242 Å². The molecule has 41 heavy (non-hydrogen) atoms. The first kappa shape index (κ1) is 34.6. The van der Waals surface area contributed by atoms with Crippen LogP contribution in [0.2, 0.25) is 15.1 Å². The average molecular weight is 658 g/mol. The number of allylic oxidation sites excluding steroid dienone is 1. The van der Waals surface area contributed by atoms with Gasteiger partial charge in [-0.15, -0.1) is 0 Å². The van der Waals surface area contributed by atoms with Crippen LogP contribution in [0.3, 0.4) is 0 Å². The van der Waals surface area contributed by atoms with E-state index >= 15 is 4.39 Å². The highest BCUT2D eigenvalue weighted by Crippen LogP contribution is 2.42. The minimum atomic E-state index is -5.23. The number of rotatable bonds is 9. The first-order valence-electron chi connectivity index (χ1n) is 11.4. The van der Waals surface area contributed by atoms with Crippen molar-refractivity contribution in [2.75, 3.05) is 0 Å². The molecule has 2 amide bonds. The Morgan fingerprint density at radius 1 is 0.927 bits per heavy atom. The Morgan fingerprint density at radius 3 is 1.98 bits per heavy atom. The summed E-state index contributed by atoms with van der Waals surface area (Å²) in [6.45, 7) is 1.53. The number of halogens is 12. The van der Waals surface area contributed by atoms with E-state index in [-0.39, 0.29) is 26.7 Å². The molecule has 0 bridgehead atoms. The van der Waals surface area contributed by atoms with Crippen molar-refractivity contribution in [3.8, 4) is 0 Å². The van der Waals surface area contributed by atoms with Crippen LogP contribution in [-0.2, 0) is 11.0 Å². The smallest absolute Gasteiger partial charge is 0.336 e. The Morgan fingerprint density at radius 2 is 1.49 bits per heavy atom. The van der Waals surface area contributed by atoms with Gasteiger partial charge in [0.1, 0.15) is 5.83 Å².